The van der Waals surface area contributed by atoms with Crippen molar-refractivity contribution in [3.8, 4) is 16.9 Å². The largest absolute Gasteiger partial charge is 0.494 e. The Bertz CT molecular complexity index is 1000. The van der Waals surface area contributed by atoms with Gasteiger partial charge < -0.3 is 19.3 Å². The Morgan fingerprint density at radius 3 is 2.55 bits per heavy atom. The second kappa shape index (κ2) is 8.91. The predicted molar refractivity (Wildman–Crippen MR) is 111 cm³/mol. The number of nitrogens with one attached hydrogen (secondary N) is 1. The highest BCUT2D eigenvalue weighted by Gasteiger charge is 2.24. The van der Waals surface area contributed by atoms with E-state index in [1.807, 2.05) is 36.6 Å². The van der Waals surface area contributed by atoms with E-state index >= 15 is 0 Å². The normalized spacial score (nSPS) is 10.8. The number of nitrogens with zero attached hydrogens (tertiary/aromatic N) is 1. The monoisotopic (exact) mass is 414 g/mol. The third kappa shape index (κ3) is 4.83. The van der Waals surface area contributed by atoms with Crippen molar-refractivity contribution in [2.45, 2.75) is 33.8 Å². The van der Waals surface area contributed by atoms with Crippen molar-refractivity contribution in [1.82, 2.24) is 5.16 Å². The zero-order valence-corrected chi connectivity index (χ0v) is 17.5. The van der Waals surface area contributed by atoms with Gasteiger partial charge in [0.05, 0.1) is 12.7 Å². The molecule has 0 fully saturated rings. The number of aryl methyl sites for hydroxylation is 1. The molecule has 1 aromatic carbocycles. The molecule has 1 amide bonds. The molecule has 1 N–H and O–H groups in total. The fraction of sp³-hybridized carbons (Fsp3) is 0.286. The van der Waals surface area contributed by atoms with Crippen LogP contribution in [0.3, 0.4) is 0 Å². The van der Waals surface area contributed by atoms with E-state index in [1.165, 1.54) is 17.4 Å². The number of thiophene rings is 1. The van der Waals surface area contributed by atoms with Gasteiger partial charge >= 0.3 is 5.97 Å². The van der Waals surface area contributed by atoms with E-state index in [-0.39, 0.29) is 11.8 Å². The topological polar surface area (TPSA) is 90.7 Å². The number of hydrogen-bond acceptors (Lipinski definition) is 7. The summed E-state index contributed by atoms with van der Waals surface area (Å²) in [5, 5.41) is 8.67. The van der Waals surface area contributed by atoms with E-state index in [0.717, 1.165) is 11.3 Å². The van der Waals surface area contributed by atoms with E-state index in [4.69, 9.17) is 14.0 Å². The van der Waals surface area contributed by atoms with Crippen LogP contribution in [0.1, 0.15) is 47.4 Å². The summed E-state index contributed by atoms with van der Waals surface area (Å²) in [5.74, 6) is 0.306. The quantitative estimate of drug-likeness (QED) is 0.552. The summed E-state index contributed by atoms with van der Waals surface area (Å²) in [7, 11) is 0. The zero-order valence-electron chi connectivity index (χ0n) is 16.6. The molecule has 0 spiro atoms. The first-order chi connectivity index (χ1) is 13.9. The molecule has 0 bridgehead atoms. The Morgan fingerprint density at radius 1 is 1.24 bits per heavy atom. The first-order valence-corrected chi connectivity index (χ1v) is 10.1. The molecule has 3 rings (SSSR count). The van der Waals surface area contributed by atoms with Gasteiger partial charge in [-0.25, -0.2) is 4.79 Å². The van der Waals surface area contributed by atoms with Crippen LogP contribution < -0.4 is 10.1 Å². The minimum absolute atomic E-state index is 0.140. The molecule has 0 aliphatic rings. The van der Waals surface area contributed by atoms with Gasteiger partial charge in [0.15, 0.2) is 5.69 Å². The molecule has 0 unspecified atom stereocenters. The molecular formula is C21H22N2O5S. The van der Waals surface area contributed by atoms with Crippen LogP contribution in [0.15, 0.2) is 40.2 Å². The maximum Gasteiger partial charge on any atom is 0.342 e. The zero-order chi connectivity index (χ0) is 21.0. The highest BCUT2D eigenvalue weighted by molar-refractivity contribution is 7.15. The van der Waals surface area contributed by atoms with E-state index < -0.39 is 11.9 Å². The number of ether oxygens (including phenoxy) is 2. The highest BCUT2D eigenvalue weighted by Crippen LogP contribution is 2.37. The van der Waals surface area contributed by atoms with Crippen LogP contribution in [0.25, 0.3) is 11.1 Å². The van der Waals surface area contributed by atoms with Gasteiger partial charge in [0.1, 0.15) is 22.1 Å². The third-order valence-corrected chi connectivity index (χ3v) is 4.80. The Morgan fingerprint density at radius 2 is 1.97 bits per heavy atom. The number of carbonyl (C=O) groups excluding carboxylic acids is 2. The minimum Gasteiger partial charge on any atom is -0.494 e. The van der Waals surface area contributed by atoms with Crippen molar-refractivity contribution in [2.24, 2.45) is 0 Å². The van der Waals surface area contributed by atoms with Gasteiger partial charge in [0.25, 0.3) is 5.91 Å². The lowest BCUT2D eigenvalue weighted by molar-refractivity contribution is 0.0380. The SMILES string of the molecule is CCOc1ccc(-c2csc(NC(=O)c3cc(C)on3)c2C(=O)OC(C)C)cc1. The maximum absolute atomic E-state index is 12.8. The second-order valence-electron chi connectivity index (χ2n) is 6.54. The number of anilines is 1. The Hall–Kier alpha value is -3.13. The standard InChI is InChI=1S/C21H22N2O5S/c1-5-26-15-8-6-14(7-9-15)16-11-29-20(18(16)21(25)27-12(2)3)22-19(24)17-10-13(4)28-23-17/h6-12H,5H2,1-4H3,(H,22,24). The van der Waals surface area contributed by atoms with Gasteiger partial charge in [-0.2, -0.15) is 0 Å². The summed E-state index contributed by atoms with van der Waals surface area (Å²) in [4.78, 5) is 25.3. The summed E-state index contributed by atoms with van der Waals surface area (Å²) in [5.41, 5.74) is 1.94. The van der Waals surface area contributed by atoms with Gasteiger partial charge in [-0.15, -0.1) is 11.3 Å². The van der Waals surface area contributed by atoms with Gasteiger partial charge in [0, 0.05) is 17.0 Å². The Balaban J connectivity index is 1.96. The van der Waals surface area contributed by atoms with Crippen LogP contribution in [0.2, 0.25) is 0 Å². The number of benzene rings is 1. The Labute approximate surface area is 172 Å². The summed E-state index contributed by atoms with van der Waals surface area (Å²) in [6, 6.07) is 8.94. The lowest BCUT2D eigenvalue weighted by Crippen LogP contribution is -2.17. The van der Waals surface area contributed by atoms with E-state index in [0.29, 0.717) is 28.5 Å². The van der Waals surface area contributed by atoms with Crippen molar-refractivity contribution in [3.05, 3.63) is 52.7 Å². The van der Waals surface area contributed by atoms with Gasteiger partial charge in [-0.05, 0) is 45.4 Å². The lowest BCUT2D eigenvalue weighted by atomic mass is 10.0. The summed E-state index contributed by atoms with van der Waals surface area (Å²) in [6.07, 6.45) is -0.294. The number of aromatic nitrogens is 1. The molecule has 8 heteroatoms. The maximum atomic E-state index is 12.8. The molecule has 0 aliphatic carbocycles. The average molecular weight is 414 g/mol. The molecule has 0 atom stereocenters. The number of carbonyl (C=O) groups is 2. The molecular weight excluding hydrogens is 392 g/mol. The van der Waals surface area contributed by atoms with Crippen molar-refractivity contribution >= 4 is 28.2 Å². The number of esters is 1. The molecule has 29 heavy (non-hydrogen) atoms. The van der Waals surface area contributed by atoms with Crippen LogP contribution in [0, 0.1) is 6.92 Å². The smallest absolute Gasteiger partial charge is 0.342 e. The van der Waals surface area contributed by atoms with Gasteiger partial charge in [-0.1, -0.05) is 17.3 Å². The van der Waals surface area contributed by atoms with Crippen LogP contribution in [-0.4, -0.2) is 29.7 Å². The molecule has 0 saturated heterocycles. The molecule has 2 aromatic heterocycles. The molecule has 0 radical (unpaired) electrons. The van der Waals surface area contributed by atoms with E-state index in [9.17, 15) is 9.59 Å². The highest BCUT2D eigenvalue weighted by atomic mass is 32.1. The molecule has 3 aromatic rings. The number of rotatable bonds is 7. The van der Waals surface area contributed by atoms with Crippen LogP contribution in [-0.2, 0) is 4.74 Å². The molecule has 152 valence electrons. The average Bonchev–Trinajstić information content (AvgIpc) is 3.28. The van der Waals surface area contributed by atoms with Crippen LogP contribution in [0.5, 0.6) is 5.75 Å². The number of hydrogen-bond donors (Lipinski definition) is 1. The fourth-order valence-corrected chi connectivity index (χ4v) is 3.63. The van der Waals surface area contributed by atoms with Crippen LogP contribution in [0.4, 0.5) is 5.00 Å². The molecule has 7 nitrogen and oxygen atoms in total. The van der Waals surface area contributed by atoms with Crippen molar-refractivity contribution in [2.75, 3.05) is 11.9 Å². The first-order valence-electron chi connectivity index (χ1n) is 9.19. The van der Waals surface area contributed by atoms with Gasteiger partial charge in [-0.3, -0.25) is 4.79 Å². The third-order valence-electron chi connectivity index (χ3n) is 3.90. The van der Waals surface area contributed by atoms with E-state index in [1.54, 1.807) is 20.8 Å². The van der Waals surface area contributed by atoms with E-state index in [2.05, 4.69) is 10.5 Å². The summed E-state index contributed by atoms with van der Waals surface area (Å²) >= 11 is 1.25. The fourth-order valence-electron chi connectivity index (χ4n) is 2.68. The molecule has 0 aliphatic heterocycles. The first kappa shape index (κ1) is 20.6. The number of amides is 1. The summed E-state index contributed by atoms with van der Waals surface area (Å²) in [6.45, 7) is 7.73. The Kier molecular flexibility index (Phi) is 6.33. The van der Waals surface area contributed by atoms with Gasteiger partial charge in [0.2, 0.25) is 0 Å². The minimum atomic E-state index is -0.503. The molecule has 2 heterocycles. The van der Waals surface area contributed by atoms with Crippen molar-refractivity contribution in [1.29, 1.82) is 0 Å². The van der Waals surface area contributed by atoms with Crippen LogP contribution >= 0.6 is 11.3 Å². The second-order valence-corrected chi connectivity index (χ2v) is 7.42. The lowest BCUT2D eigenvalue weighted by Gasteiger charge is -2.11. The predicted octanol–water partition coefficient (Wildman–Crippen LogP) is 4.93. The summed E-state index contributed by atoms with van der Waals surface area (Å²) < 4.78 is 15.8. The van der Waals surface area contributed by atoms with Crippen molar-refractivity contribution in [3.63, 3.8) is 0 Å². The molecule has 0 saturated carbocycles. The van der Waals surface area contributed by atoms with Crippen molar-refractivity contribution < 1.29 is 23.6 Å².